The summed E-state index contributed by atoms with van der Waals surface area (Å²) >= 11 is 0. The van der Waals surface area contributed by atoms with Gasteiger partial charge >= 0.3 is 11.9 Å². The first-order chi connectivity index (χ1) is 7.88. The molecule has 0 bridgehead atoms. The smallest absolute Gasteiger partial charge is 0.418 e. The maximum Gasteiger partial charge on any atom is 0.418 e. The minimum absolute atomic E-state index is 0.337. The number of carbonyl (C=O) groups is 2. The van der Waals surface area contributed by atoms with Crippen molar-refractivity contribution < 1.29 is 19.1 Å². The second-order valence-corrected chi connectivity index (χ2v) is 3.57. The summed E-state index contributed by atoms with van der Waals surface area (Å²) < 4.78 is 9.02. The predicted molar refractivity (Wildman–Crippen MR) is 57.9 cm³/mol. The number of esters is 2. The highest BCUT2D eigenvalue weighted by Gasteiger charge is 2.33. The van der Waals surface area contributed by atoms with Crippen LogP contribution in [0, 0.1) is 41.4 Å². The fraction of sp³-hybridized carbons (Fsp3) is 0.417. The highest BCUT2D eigenvalue weighted by molar-refractivity contribution is 6.29. The molecule has 0 amide bonds. The summed E-state index contributed by atoms with van der Waals surface area (Å²) in [5.74, 6) is 1.63. The van der Waals surface area contributed by atoms with E-state index in [1.807, 2.05) is 12.0 Å². The minimum atomic E-state index is -1.27. The molecule has 0 saturated carbocycles. The Bertz CT molecular complexity index is 431. The van der Waals surface area contributed by atoms with Gasteiger partial charge in [0.25, 0.3) is 0 Å². The summed E-state index contributed by atoms with van der Waals surface area (Å²) in [6.07, 6.45) is 8.82. The SMILES string of the molecule is C#CCOC(=O)C(=O)OC(C#C)C(C)(C)C#N. The van der Waals surface area contributed by atoms with Gasteiger partial charge in [0.15, 0.2) is 12.7 Å². The molecule has 0 aliphatic carbocycles. The molecule has 0 N–H and O–H groups in total. The summed E-state index contributed by atoms with van der Waals surface area (Å²) in [6.45, 7) is 2.63. The van der Waals surface area contributed by atoms with E-state index >= 15 is 0 Å². The summed E-state index contributed by atoms with van der Waals surface area (Å²) in [7, 11) is 0. The molecule has 0 aromatic heterocycles. The van der Waals surface area contributed by atoms with E-state index in [2.05, 4.69) is 15.4 Å². The molecule has 0 aliphatic rings. The molecular weight excluding hydrogens is 222 g/mol. The Kier molecular flexibility index (Phi) is 5.31. The van der Waals surface area contributed by atoms with Gasteiger partial charge in [0.1, 0.15) is 5.41 Å². The maximum atomic E-state index is 11.2. The van der Waals surface area contributed by atoms with Crippen molar-refractivity contribution in [3.05, 3.63) is 0 Å². The Labute approximate surface area is 99.7 Å². The van der Waals surface area contributed by atoms with Gasteiger partial charge in [0.05, 0.1) is 6.07 Å². The lowest BCUT2D eigenvalue weighted by Crippen LogP contribution is -2.34. The van der Waals surface area contributed by atoms with Crippen molar-refractivity contribution in [1.82, 2.24) is 0 Å². The molecule has 0 spiro atoms. The number of nitrogens with zero attached hydrogens (tertiary/aromatic N) is 1. The number of nitriles is 1. The van der Waals surface area contributed by atoms with E-state index < -0.39 is 23.5 Å². The van der Waals surface area contributed by atoms with Crippen LogP contribution in [0.5, 0.6) is 0 Å². The van der Waals surface area contributed by atoms with Crippen molar-refractivity contribution >= 4 is 11.9 Å². The molecule has 0 aliphatic heterocycles. The Morgan fingerprint density at radius 2 is 1.94 bits per heavy atom. The molecule has 0 saturated heterocycles. The molecular formula is C12H11NO4. The number of rotatable bonds is 3. The summed E-state index contributed by atoms with van der Waals surface area (Å²) in [5, 5.41) is 8.81. The average molecular weight is 233 g/mol. The first-order valence-electron chi connectivity index (χ1n) is 4.57. The van der Waals surface area contributed by atoms with E-state index in [1.54, 1.807) is 0 Å². The molecule has 5 nitrogen and oxygen atoms in total. The van der Waals surface area contributed by atoms with Crippen LogP contribution in [0.25, 0.3) is 0 Å². The van der Waals surface area contributed by atoms with Gasteiger partial charge in [-0.25, -0.2) is 9.59 Å². The highest BCUT2D eigenvalue weighted by Crippen LogP contribution is 2.21. The molecule has 0 rings (SSSR count). The zero-order chi connectivity index (χ0) is 13.5. The average Bonchev–Trinajstić information content (AvgIpc) is 2.32. The largest absolute Gasteiger partial charge is 0.444 e. The van der Waals surface area contributed by atoms with Gasteiger partial charge in [-0.1, -0.05) is 11.8 Å². The Morgan fingerprint density at radius 3 is 2.35 bits per heavy atom. The lowest BCUT2D eigenvalue weighted by molar-refractivity contribution is -0.170. The number of ether oxygens (including phenoxy) is 2. The molecule has 0 heterocycles. The molecule has 0 aromatic rings. The van der Waals surface area contributed by atoms with Gasteiger partial charge in [-0.05, 0) is 13.8 Å². The van der Waals surface area contributed by atoms with Crippen molar-refractivity contribution in [3.63, 3.8) is 0 Å². The fourth-order valence-corrected chi connectivity index (χ4v) is 0.770. The molecule has 0 aromatic carbocycles. The van der Waals surface area contributed by atoms with Crippen LogP contribution in [0.4, 0.5) is 0 Å². The van der Waals surface area contributed by atoms with Gasteiger partial charge in [0.2, 0.25) is 0 Å². The van der Waals surface area contributed by atoms with Crippen LogP contribution in [0.15, 0.2) is 0 Å². The van der Waals surface area contributed by atoms with E-state index in [1.165, 1.54) is 13.8 Å². The van der Waals surface area contributed by atoms with Crippen molar-refractivity contribution in [2.45, 2.75) is 20.0 Å². The topological polar surface area (TPSA) is 76.4 Å². The maximum absolute atomic E-state index is 11.2. The highest BCUT2D eigenvalue weighted by atomic mass is 16.6. The second kappa shape index (κ2) is 6.20. The summed E-state index contributed by atoms with van der Waals surface area (Å²) in [4.78, 5) is 22.2. The summed E-state index contributed by atoms with van der Waals surface area (Å²) in [5.41, 5.74) is -1.10. The first kappa shape index (κ1) is 14.6. The normalized spacial score (nSPS) is 11.2. The van der Waals surface area contributed by atoms with E-state index in [9.17, 15) is 9.59 Å². The zero-order valence-corrected chi connectivity index (χ0v) is 9.52. The van der Waals surface area contributed by atoms with E-state index in [0.29, 0.717) is 0 Å². The van der Waals surface area contributed by atoms with Crippen molar-refractivity contribution in [3.8, 4) is 30.8 Å². The van der Waals surface area contributed by atoms with Crippen LogP contribution in [-0.2, 0) is 19.1 Å². The van der Waals surface area contributed by atoms with Gasteiger partial charge < -0.3 is 9.47 Å². The Morgan fingerprint density at radius 1 is 1.35 bits per heavy atom. The summed E-state index contributed by atoms with van der Waals surface area (Å²) in [6, 6.07) is 1.88. The Balaban J connectivity index is 4.59. The van der Waals surface area contributed by atoms with E-state index in [4.69, 9.17) is 18.1 Å². The third-order valence-corrected chi connectivity index (χ3v) is 1.77. The third-order valence-electron chi connectivity index (χ3n) is 1.77. The fourth-order valence-electron chi connectivity index (χ4n) is 0.770. The van der Waals surface area contributed by atoms with Crippen LogP contribution in [0.3, 0.4) is 0 Å². The van der Waals surface area contributed by atoms with Gasteiger partial charge in [-0.3, -0.25) is 0 Å². The molecule has 1 atom stereocenters. The Hall–Kier alpha value is -2.45. The standard InChI is InChI=1S/C12H11NO4/c1-5-7-16-10(14)11(15)17-9(6-2)12(3,4)8-13/h1-2,9H,7H2,3-4H3. The molecule has 1 unspecified atom stereocenters. The van der Waals surface area contributed by atoms with Crippen molar-refractivity contribution in [2.24, 2.45) is 5.41 Å². The van der Waals surface area contributed by atoms with Gasteiger partial charge in [0, 0.05) is 0 Å². The monoisotopic (exact) mass is 233 g/mol. The molecule has 0 radical (unpaired) electrons. The van der Waals surface area contributed by atoms with Gasteiger partial charge in [-0.2, -0.15) is 5.26 Å². The lowest BCUT2D eigenvalue weighted by Gasteiger charge is -2.22. The van der Waals surface area contributed by atoms with Crippen LogP contribution in [0.1, 0.15) is 13.8 Å². The molecule has 0 fully saturated rings. The molecule has 5 heteroatoms. The van der Waals surface area contributed by atoms with Crippen LogP contribution < -0.4 is 0 Å². The van der Waals surface area contributed by atoms with Crippen molar-refractivity contribution in [1.29, 1.82) is 5.26 Å². The third kappa shape index (κ3) is 4.28. The number of hydrogen-bond acceptors (Lipinski definition) is 5. The number of terminal acetylenes is 2. The van der Waals surface area contributed by atoms with E-state index in [-0.39, 0.29) is 6.61 Å². The van der Waals surface area contributed by atoms with Gasteiger partial charge in [-0.15, -0.1) is 12.8 Å². The number of hydrogen-bond donors (Lipinski definition) is 0. The van der Waals surface area contributed by atoms with E-state index in [0.717, 1.165) is 0 Å². The second-order valence-electron chi connectivity index (χ2n) is 3.57. The van der Waals surface area contributed by atoms with Crippen LogP contribution in [-0.4, -0.2) is 24.6 Å². The molecule has 17 heavy (non-hydrogen) atoms. The first-order valence-corrected chi connectivity index (χ1v) is 4.57. The van der Waals surface area contributed by atoms with Crippen molar-refractivity contribution in [2.75, 3.05) is 6.61 Å². The lowest BCUT2D eigenvalue weighted by atomic mass is 9.89. The quantitative estimate of drug-likeness (QED) is 0.397. The number of carbonyl (C=O) groups excluding carboxylic acids is 2. The zero-order valence-electron chi connectivity index (χ0n) is 9.52. The predicted octanol–water partition coefficient (Wildman–Crippen LogP) is 0.258. The minimum Gasteiger partial charge on any atom is -0.444 e. The van der Waals surface area contributed by atoms with Crippen LogP contribution >= 0.6 is 0 Å². The van der Waals surface area contributed by atoms with Crippen LogP contribution in [0.2, 0.25) is 0 Å². The molecule has 88 valence electrons.